The van der Waals surface area contributed by atoms with E-state index in [-0.39, 0.29) is 16.3 Å². The van der Waals surface area contributed by atoms with Crippen LogP contribution in [0, 0.1) is 25.6 Å². The third-order valence-electron chi connectivity index (χ3n) is 4.91. The molecule has 0 N–H and O–H groups in total. The standard InChI is InChI=1S/C19H15FN2O5S/c1-8-9(2)28-18(12(8)19(25)26-3)22-16(23)13-14(21-27-15(13)17(22)24)10-4-6-11(20)7-5-10/h4-7,13,15H,1-3H3/t13-,15+/m0/s1. The number of fused-ring (bicyclic) bond motifs is 1. The quantitative estimate of drug-likeness (QED) is 0.582. The summed E-state index contributed by atoms with van der Waals surface area (Å²) in [6, 6.07) is 5.43. The fourth-order valence-electron chi connectivity index (χ4n) is 3.35. The second-order valence-corrected chi connectivity index (χ2v) is 7.66. The highest BCUT2D eigenvalue weighted by Crippen LogP contribution is 2.42. The van der Waals surface area contributed by atoms with Crippen molar-refractivity contribution in [2.45, 2.75) is 20.0 Å². The molecule has 1 fully saturated rings. The van der Waals surface area contributed by atoms with Crippen molar-refractivity contribution in [2.75, 3.05) is 12.0 Å². The minimum absolute atomic E-state index is 0.187. The molecule has 2 atom stereocenters. The molecule has 2 amide bonds. The number of carbonyl (C=O) groups excluding carboxylic acids is 3. The molecule has 0 spiro atoms. The van der Waals surface area contributed by atoms with Gasteiger partial charge in [-0.2, -0.15) is 0 Å². The molecule has 1 aromatic carbocycles. The third-order valence-corrected chi connectivity index (χ3v) is 6.10. The summed E-state index contributed by atoms with van der Waals surface area (Å²) in [7, 11) is 1.24. The monoisotopic (exact) mass is 402 g/mol. The third kappa shape index (κ3) is 2.54. The number of anilines is 1. The minimum atomic E-state index is -1.11. The maximum atomic E-state index is 13.2. The van der Waals surface area contributed by atoms with E-state index in [9.17, 15) is 18.8 Å². The molecule has 9 heteroatoms. The molecule has 1 aromatic heterocycles. The second kappa shape index (κ2) is 6.52. The highest BCUT2D eigenvalue weighted by Gasteiger charge is 2.57. The molecule has 4 rings (SSSR count). The Bertz CT molecular complexity index is 1040. The molecular weight excluding hydrogens is 387 g/mol. The van der Waals surface area contributed by atoms with Crippen LogP contribution < -0.4 is 4.90 Å². The molecule has 28 heavy (non-hydrogen) atoms. The Labute approximate surface area is 163 Å². The van der Waals surface area contributed by atoms with Gasteiger partial charge >= 0.3 is 5.97 Å². The Morgan fingerprint density at radius 2 is 1.89 bits per heavy atom. The number of hydrogen-bond acceptors (Lipinski definition) is 7. The summed E-state index contributed by atoms with van der Waals surface area (Å²) in [5.74, 6) is -3.14. The summed E-state index contributed by atoms with van der Waals surface area (Å²) in [6.45, 7) is 3.53. The number of aryl methyl sites for hydroxylation is 1. The normalized spacial score (nSPS) is 20.9. The largest absolute Gasteiger partial charge is 0.465 e. The molecule has 2 aliphatic heterocycles. The Kier molecular flexibility index (Phi) is 4.26. The highest BCUT2D eigenvalue weighted by molar-refractivity contribution is 7.17. The van der Waals surface area contributed by atoms with Crippen LogP contribution in [0.5, 0.6) is 0 Å². The van der Waals surface area contributed by atoms with Gasteiger partial charge in [-0.1, -0.05) is 17.3 Å². The zero-order valence-electron chi connectivity index (χ0n) is 15.2. The molecule has 0 aliphatic carbocycles. The first kappa shape index (κ1) is 18.3. The van der Waals surface area contributed by atoms with Gasteiger partial charge in [0.2, 0.25) is 12.0 Å². The molecular formula is C19H15FN2O5S. The molecule has 2 aliphatic rings. The summed E-state index contributed by atoms with van der Waals surface area (Å²) in [4.78, 5) is 45.3. The minimum Gasteiger partial charge on any atom is -0.465 e. The van der Waals surface area contributed by atoms with E-state index in [1.54, 1.807) is 13.8 Å². The van der Waals surface area contributed by atoms with E-state index in [4.69, 9.17) is 9.57 Å². The van der Waals surface area contributed by atoms with E-state index in [0.29, 0.717) is 11.1 Å². The van der Waals surface area contributed by atoms with Crippen molar-refractivity contribution in [1.29, 1.82) is 0 Å². The Hall–Kier alpha value is -3.07. The molecule has 0 bridgehead atoms. The maximum Gasteiger partial charge on any atom is 0.341 e. The van der Waals surface area contributed by atoms with E-state index in [0.717, 1.165) is 9.78 Å². The second-order valence-electron chi connectivity index (χ2n) is 6.45. The van der Waals surface area contributed by atoms with Crippen LogP contribution in [0.4, 0.5) is 9.39 Å². The molecule has 3 heterocycles. The van der Waals surface area contributed by atoms with Crippen LogP contribution in [0.1, 0.15) is 26.4 Å². The number of rotatable bonds is 3. The molecule has 144 valence electrons. The summed E-state index contributed by atoms with van der Waals surface area (Å²) in [6.07, 6.45) is -1.11. The van der Waals surface area contributed by atoms with Crippen molar-refractivity contribution in [3.8, 4) is 0 Å². The molecule has 7 nitrogen and oxygen atoms in total. The summed E-state index contributed by atoms with van der Waals surface area (Å²) in [5.41, 5.74) is 1.59. The maximum absolute atomic E-state index is 13.2. The molecule has 2 aromatic rings. The number of carbonyl (C=O) groups is 3. The van der Waals surface area contributed by atoms with Crippen LogP contribution in [0.2, 0.25) is 0 Å². The van der Waals surface area contributed by atoms with Crippen molar-refractivity contribution >= 4 is 39.8 Å². The van der Waals surface area contributed by atoms with Gasteiger partial charge in [0.1, 0.15) is 22.4 Å². The van der Waals surface area contributed by atoms with Crippen LogP contribution in [0.3, 0.4) is 0 Å². The van der Waals surface area contributed by atoms with Gasteiger partial charge in [-0.05, 0) is 31.5 Å². The van der Waals surface area contributed by atoms with Crippen LogP contribution in [0.25, 0.3) is 0 Å². The molecule has 0 unspecified atom stereocenters. The van der Waals surface area contributed by atoms with Gasteiger partial charge in [0, 0.05) is 10.4 Å². The van der Waals surface area contributed by atoms with Crippen molar-refractivity contribution in [1.82, 2.24) is 0 Å². The van der Waals surface area contributed by atoms with E-state index in [2.05, 4.69) is 5.16 Å². The number of methoxy groups -OCH3 is 1. The number of ether oxygens (including phenoxy) is 1. The van der Waals surface area contributed by atoms with Gasteiger partial charge in [0.05, 0.1) is 12.7 Å². The lowest BCUT2D eigenvalue weighted by Gasteiger charge is -2.15. The smallest absolute Gasteiger partial charge is 0.341 e. The Morgan fingerprint density at radius 3 is 2.54 bits per heavy atom. The zero-order chi connectivity index (χ0) is 20.2. The number of nitrogens with zero attached hydrogens (tertiary/aromatic N) is 2. The highest BCUT2D eigenvalue weighted by atomic mass is 32.1. The fraction of sp³-hybridized carbons (Fsp3) is 0.263. The van der Waals surface area contributed by atoms with Crippen molar-refractivity contribution in [2.24, 2.45) is 11.1 Å². The molecule has 0 saturated carbocycles. The average Bonchev–Trinajstić information content (AvgIpc) is 3.30. The van der Waals surface area contributed by atoms with Gasteiger partial charge in [-0.3, -0.25) is 9.59 Å². The van der Waals surface area contributed by atoms with Crippen LogP contribution in [0.15, 0.2) is 29.4 Å². The average molecular weight is 402 g/mol. The zero-order valence-corrected chi connectivity index (χ0v) is 16.0. The lowest BCUT2D eigenvalue weighted by molar-refractivity contribution is -0.126. The first-order chi connectivity index (χ1) is 13.3. The first-order valence-corrected chi connectivity index (χ1v) is 9.22. The van der Waals surface area contributed by atoms with Gasteiger partial charge in [-0.15, -0.1) is 11.3 Å². The topological polar surface area (TPSA) is 85.3 Å². The number of esters is 1. The lowest BCUT2D eigenvalue weighted by atomic mass is 9.94. The fourth-order valence-corrected chi connectivity index (χ4v) is 4.50. The van der Waals surface area contributed by atoms with Crippen molar-refractivity contribution in [3.63, 3.8) is 0 Å². The number of halogens is 1. The number of benzene rings is 1. The Morgan fingerprint density at radius 1 is 1.21 bits per heavy atom. The number of amides is 2. The van der Waals surface area contributed by atoms with Crippen LogP contribution in [-0.2, 0) is 19.2 Å². The summed E-state index contributed by atoms with van der Waals surface area (Å²) >= 11 is 1.17. The number of hydrogen-bond donors (Lipinski definition) is 0. The predicted octanol–water partition coefficient (Wildman–Crippen LogP) is 2.58. The summed E-state index contributed by atoms with van der Waals surface area (Å²) < 4.78 is 18.0. The first-order valence-electron chi connectivity index (χ1n) is 8.41. The van der Waals surface area contributed by atoms with E-state index in [1.165, 1.54) is 42.7 Å². The Balaban J connectivity index is 1.76. The van der Waals surface area contributed by atoms with Crippen LogP contribution in [-0.4, -0.2) is 36.7 Å². The SMILES string of the molecule is COC(=O)c1c(N2C(=O)[C@H]3C(c4ccc(F)cc4)=NO[C@H]3C2=O)sc(C)c1C. The van der Waals surface area contributed by atoms with Gasteiger partial charge < -0.3 is 9.57 Å². The lowest BCUT2D eigenvalue weighted by Crippen LogP contribution is -2.33. The van der Waals surface area contributed by atoms with Gasteiger partial charge in [-0.25, -0.2) is 14.1 Å². The van der Waals surface area contributed by atoms with Crippen molar-refractivity contribution in [3.05, 3.63) is 51.7 Å². The van der Waals surface area contributed by atoms with Gasteiger partial charge in [0.15, 0.2) is 0 Å². The van der Waals surface area contributed by atoms with E-state index >= 15 is 0 Å². The van der Waals surface area contributed by atoms with E-state index in [1.807, 2.05) is 0 Å². The molecule has 0 radical (unpaired) electrons. The molecule has 1 saturated heterocycles. The number of oxime groups is 1. The number of thiophene rings is 1. The number of imide groups is 1. The van der Waals surface area contributed by atoms with Gasteiger partial charge in [0.25, 0.3) is 5.91 Å². The van der Waals surface area contributed by atoms with Crippen molar-refractivity contribution < 1.29 is 28.3 Å². The van der Waals surface area contributed by atoms with Crippen LogP contribution >= 0.6 is 11.3 Å². The predicted molar refractivity (Wildman–Crippen MR) is 98.9 cm³/mol. The summed E-state index contributed by atoms with van der Waals surface area (Å²) in [5, 5.41) is 4.10. The van der Waals surface area contributed by atoms with E-state index < -0.39 is 35.6 Å².